The molecule has 0 bridgehead atoms. The minimum atomic E-state index is -0.578. The summed E-state index contributed by atoms with van der Waals surface area (Å²) in [5.74, 6) is 0.557. The Balaban J connectivity index is 2.89. The van der Waals surface area contributed by atoms with Crippen LogP contribution >= 0.6 is 0 Å². The van der Waals surface area contributed by atoms with E-state index < -0.39 is 17.7 Å². The van der Waals surface area contributed by atoms with Crippen molar-refractivity contribution >= 4 is 11.8 Å². The predicted octanol–water partition coefficient (Wildman–Crippen LogP) is 2.03. The first kappa shape index (κ1) is 16.3. The van der Waals surface area contributed by atoms with Crippen LogP contribution in [0.3, 0.4) is 0 Å². The van der Waals surface area contributed by atoms with E-state index in [0.717, 1.165) is 0 Å². The van der Waals surface area contributed by atoms with Gasteiger partial charge in [0, 0.05) is 11.3 Å². The van der Waals surface area contributed by atoms with Gasteiger partial charge in [-0.3, -0.25) is 5.32 Å². The van der Waals surface area contributed by atoms with E-state index in [9.17, 15) is 4.79 Å². The van der Waals surface area contributed by atoms with E-state index in [-0.39, 0.29) is 6.61 Å². The van der Waals surface area contributed by atoms with Crippen LogP contribution in [0.15, 0.2) is 18.2 Å². The zero-order valence-corrected chi connectivity index (χ0v) is 12.3. The fourth-order valence-electron chi connectivity index (χ4n) is 1.62. The highest BCUT2D eigenvalue weighted by atomic mass is 16.6. The van der Waals surface area contributed by atoms with Crippen LogP contribution in [0, 0.1) is 0 Å². The standard InChI is InChI=1S/C14H22N2O4/c1-14(2,3)20-13(18)16-9-5-6-12(19-4)10(7-9)11(15)8-17/h5-7,11,17H,8,15H2,1-4H3,(H,16,18). The van der Waals surface area contributed by atoms with Gasteiger partial charge >= 0.3 is 6.09 Å². The highest BCUT2D eigenvalue weighted by molar-refractivity contribution is 5.85. The topological polar surface area (TPSA) is 93.8 Å². The van der Waals surface area contributed by atoms with Crippen molar-refractivity contribution in [2.45, 2.75) is 32.4 Å². The van der Waals surface area contributed by atoms with Gasteiger partial charge in [-0.2, -0.15) is 0 Å². The third-order valence-corrected chi connectivity index (χ3v) is 2.47. The van der Waals surface area contributed by atoms with E-state index in [0.29, 0.717) is 17.0 Å². The number of anilines is 1. The minimum absolute atomic E-state index is 0.216. The Morgan fingerprint density at radius 2 is 2.10 bits per heavy atom. The minimum Gasteiger partial charge on any atom is -0.496 e. The van der Waals surface area contributed by atoms with Crippen molar-refractivity contribution in [3.63, 3.8) is 0 Å². The lowest BCUT2D eigenvalue weighted by atomic mass is 10.1. The highest BCUT2D eigenvalue weighted by Gasteiger charge is 2.17. The number of aliphatic hydroxyl groups is 1. The Kier molecular flexibility index (Phi) is 5.35. The van der Waals surface area contributed by atoms with Crippen LogP contribution < -0.4 is 15.8 Å². The molecule has 1 atom stereocenters. The number of ether oxygens (including phenoxy) is 2. The van der Waals surface area contributed by atoms with Gasteiger partial charge < -0.3 is 20.3 Å². The molecule has 0 spiro atoms. The molecule has 0 fully saturated rings. The number of amides is 1. The lowest BCUT2D eigenvalue weighted by Gasteiger charge is -2.20. The number of carbonyl (C=O) groups excluding carboxylic acids is 1. The fourth-order valence-corrected chi connectivity index (χ4v) is 1.62. The summed E-state index contributed by atoms with van der Waals surface area (Å²) in [6.07, 6.45) is -0.550. The summed E-state index contributed by atoms with van der Waals surface area (Å²) in [4.78, 5) is 11.7. The fraction of sp³-hybridized carbons (Fsp3) is 0.500. The number of carbonyl (C=O) groups is 1. The first-order chi connectivity index (χ1) is 9.26. The Morgan fingerprint density at radius 3 is 2.60 bits per heavy atom. The number of nitrogens with two attached hydrogens (primary N) is 1. The molecule has 112 valence electrons. The number of aliphatic hydroxyl groups excluding tert-OH is 1. The maximum atomic E-state index is 11.7. The summed E-state index contributed by atoms with van der Waals surface area (Å²) in [7, 11) is 1.52. The van der Waals surface area contributed by atoms with Gasteiger partial charge in [-0.05, 0) is 39.0 Å². The zero-order chi connectivity index (χ0) is 15.3. The Labute approximate surface area is 118 Å². The van der Waals surface area contributed by atoms with Crippen LogP contribution in [-0.2, 0) is 4.74 Å². The van der Waals surface area contributed by atoms with Gasteiger partial charge in [0.25, 0.3) is 0 Å². The average Bonchev–Trinajstić information content (AvgIpc) is 2.35. The number of hydrogen-bond donors (Lipinski definition) is 3. The molecule has 0 aliphatic rings. The van der Waals surface area contributed by atoms with Gasteiger partial charge in [-0.1, -0.05) is 0 Å². The molecule has 1 rings (SSSR count). The molecule has 6 heteroatoms. The molecule has 0 aromatic heterocycles. The highest BCUT2D eigenvalue weighted by Crippen LogP contribution is 2.27. The summed E-state index contributed by atoms with van der Waals surface area (Å²) in [6.45, 7) is 5.14. The van der Waals surface area contributed by atoms with Crippen molar-refractivity contribution < 1.29 is 19.4 Å². The van der Waals surface area contributed by atoms with Gasteiger partial charge in [0.15, 0.2) is 0 Å². The van der Waals surface area contributed by atoms with Gasteiger partial charge in [-0.25, -0.2) is 4.79 Å². The van der Waals surface area contributed by atoms with E-state index in [1.807, 2.05) is 0 Å². The Hall–Kier alpha value is -1.79. The summed E-state index contributed by atoms with van der Waals surface area (Å²) in [5.41, 5.74) is 6.37. The number of benzene rings is 1. The summed E-state index contributed by atoms with van der Waals surface area (Å²) >= 11 is 0. The lowest BCUT2D eigenvalue weighted by Crippen LogP contribution is -2.27. The van der Waals surface area contributed by atoms with Crippen LogP contribution in [0.25, 0.3) is 0 Å². The second kappa shape index (κ2) is 6.58. The third kappa shape index (κ3) is 4.71. The summed E-state index contributed by atoms with van der Waals surface area (Å²) in [6, 6.07) is 4.43. The van der Waals surface area contributed by atoms with Crippen molar-refractivity contribution in [2.75, 3.05) is 19.0 Å². The van der Waals surface area contributed by atoms with Gasteiger partial charge in [0.2, 0.25) is 0 Å². The maximum absolute atomic E-state index is 11.7. The van der Waals surface area contributed by atoms with Gasteiger partial charge in [-0.15, -0.1) is 0 Å². The van der Waals surface area contributed by atoms with E-state index in [1.54, 1.807) is 39.0 Å². The van der Waals surface area contributed by atoms with Crippen LogP contribution in [0.1, 0.15) is 32.4 Å². The van der Waals surface area contributed by atoms with Crippen molar-refractivity contribution in [1.82, 2.24) is 0 Å². The summed E-state index contributed by atoms with van der Waals surface area (Å²) in [5, 5.41) is 11.8. The van der Waals surface area contributed by atoms with Crippen molar-refractivity contribution in [2.24, 2.45) is 5.73 Å². The Bertz CT molecular complexity index is 469. The van der Waals surface area contributed by atoms with Crippen LogP contribution in [0.2, 0.25) is 0 Å². The second-order valence-electron chi connectivity index (χ2n) is 5.37. The molecule has 0 aliphatic heterocycles. The predicted molar refractivity (Wildman–Crippen MR) is 76.9 cm³/mol. The van der Waals surface area contributed by atoms with Crippen molar-refractivity contribution in [3.05, 3.63) is 23.8 Å². The summed E-state index contributed by atoms with van der Waals surface area (Å²) < 4.78 is 10.3. The third-order valence-electron chi connectivity index (χ3n) is 2.47. The van der Waals surface area contributed by atoms with Crippen LogP contribution in [-0.4, -0.2) is 30.5 Å². The molecule has 1 aromatic rings. The molecular weight excluding hydrogens is 260 g/mol. The molecule has 1 aromatic carbocycles. The molecule has 1 amide bonds. The van der Waals surface area contributed by atoms with Crippen molar-refractivity contribution in [1.29, 1.82) is 0 Å². The maximum Gasteiger partial charge on any atom is 0.412 e. The van der Waals surface area contributed by atoms with E-state index in [2.05, 4.69) is 5.32 Å². The largest absolute Gasteiger partial charge is 0.496 e. The SMILES string of the molecule is COc1ccc(NC(=O)OC(C)(C)C)cc1C(N)CO. The normalized spacial score (nSPS) is 12.7. The smallest absolute Gasteiger partial charge is 0.412 e. The molecule has 0 saturated heterocycles. The van der Waals surface area contributed by atoms with E-state index in [4.69, 9.17) is 20.3 Å². The number of methoxy groups -OCH3 is 1. The molecular formula is C14H22N2O4. The number of rotatable bonds is 4. The molecule has 4 N–H and O–H groups in total. The van der Waals surface area contributed by atoms with E-state index >= 15 is 0 Å². The first-order valence-electron chi connectivity index (χ1n) is 6.31. The second-order valence-corrected chi connectivity index (χ2v) is 5.37. The zero-order valence-electron chi connectivity index (χ0n) is 12.3. The molecule has 0 heterocycles. The Morgan fingerprint density at radius 1 is 1.45 bits per heavy atom. The molecule has 0 radical (unpaired) electrons. The molecule has 0 aliphatic carbocycles. The van der Waals surface area contributed by atoms with Crippen LogP contribution in [0.5, 0.6) is 5.75 Å². The number of nitrogens with one attached hydrogen (secondary N) is 1. The monoisotopic (exact) mass is 282 g/mol. The quantitative estimate of drug-likeness (QED) is 0.785. The lowest BCUT2D eigenvalue weighted by molar-refractivity contribution is 0.0636. The molecule has 1 unspecified atom stereocenters. The van der Waals surface area contributed by atoms with Crippen LogP contribution in [0.4, 0.5) is 10.5 Å². The van der Waals surface area contributed by atoms with Gasteiger partial charge in [0.1, 0.15) is 11.4 Å². The van der Waals surface area contributed by atoms with Gasteiger partial charge in [0.05, 0.1) is 19.8 Å². The molecule has 6 nitrogen and oxygen atoms in total. The van der Waals surface area contributed by atoms with E-state index in [1.165, 1.54) is 7.11 Å². The van der Waals surface area contributed by atoms with Crippen molar-refractivity contribution in [3.8, 4) is 5.75 Å². The number of hydrogen-bond acceptors (Lipinski definition) is 5. The first-order valence-corrected chi connectivity index (χ1v) is 6.31. The molecule has 20 heavy (non-hydrogen) atoms. The molecule has 0 saturated carbocycles. The average molecular weight is 282 g/mol.